The molecule has 0 atom stereocenters. The second-order valence-electron chi connectivity index (χ2n) is 6.40. The van der Waals surface area contributed by atoms with Crippen molar-refractivity contribution in [1.29, 1.82) is 0 Å². The molecule has 0 radical (unpaired) electrons. The summed E-state index contributed by atoms with van der Waals surface area (Å²) in [6.45, 7) is 3.41. The lowest BCUT2D eigenvalue weighted by Gasteiger charge is -2.17. The van der Waals surface area contributed by atoms with Crippen molar-refractivity contribution in [3.8, 4) is 0 Å². The average molecular weight is 572 g/mol. The highest BCUT2D eigenvalue weighted by Gasteiger charge is 2.17. The molecule has 0 saturated heterocycles. The fourth-order valence-corrected chi connectivity index (χ4v) is 3.29. The maximum atomic E-state index is 14.0. The van der Waals surface area contributed by atoms with Crippen LogP contribution in [0, 0.1) is 9.39 Å². The largest absolute Gasteiger partial charge is 0.390 e. The van der Waals surface area contributed by atoms with Gasteiger partial charge in [0, 0.05) is 9.99 Å². The summed E-state index contributed by atoms with van der Waals surface area (Å²) in [4.78, 5) is 17.6. The van der Waals surface area contributed by atoms with Gasteiger partial charge in [0.25, 0.3) is 5.91 Å². The maximum Gasteiger partial charge on any atom is 0.276 e. The number of halogens is 4. The minimum atomic E-state index is -0.905. The van der Waals surface area contributed by atoms with E-state index in [1.54, 1.807) is 26.0 Å². The Balaban J connectivity index is 2.20. The van der Waals surface area contributed by atoms with E-state index >= 15 is 0 Å². The Bertz CT molecular complexity index is 846. The summed E-state index contributed by atoms with van der Waals surface area (Å²) in [5, 5.41) is 13.1. The Morgan fingerprint density at radius 2 is 2.04 bits per heavy atom. The summed E-state index contributed by atoms with van der Waals surface area (Å²) in [7, 11) is 0. The van der Waals surface area contributed by atoms with E-state index in [2.05, 4.69) is 49.3 Å². The molecule has 0 saturated carbocycles. The summed E-state index contributed by atoms with van der Waals surface area (Å²) < 4.78 is 15.1. The number of anilines is 2. The van der Waals surface area contributed by atoms with Gasteiger partial charge in [-0.1, -0.05) is 11.6 Å². The monoisotopic (exact) mass is 570 g/mol. The first-order valence-corrected chi connectivity index (χ1v) is 10.2. The standard InChI is InChI=1S/C18H18BrClFIN2O3/c1-18(2,26)5-6-27-24-17(25)11-8-12(19)14(21)9-16(11)23-15-4-3-10(22)7-13(15)20/h3-4,7-9,23,26H,5-6H2,1-2H3,(H,24,25). The summed E-state index contributed by atoms with van der Waals surface area (Å²) in [6, 6.07) is 7.88. The van der Waals surface area contributed by atoms with Crippen LogP contribution in [0.3, 0.4) is 0 Å². The molecule has 2 aromatic rings. The first-order valence-electron chi connectivity index (χ1n) is 7.92. The van der Waals surface area contributed by atoms with E-state index in [9.17, 15) is 14.3 Å². The number of benzene rings is 2. The average Bonchev–Trinajstić information content (AvgIpc) is 2.56. The third kappa shape index (κ3) is 6.86. The zero-order valence-corrected chi connectivity index (χ0v) is 19.1. The first-order chi connectivity index (χ1) is 12.6. The van der Waals surface area contributed by atoms with Crippen LogP contribution in [0.5, 0.6) is 0 Å². The maximum absolute atomic E-state index is 14.0. The van der Waals surface area contributed by atoms with Gasteiger partial charge < -0.3 is 10.4 Å². The second-order valence-corrected chi connectivity index (χ2v) is 8.91. The number of nitrogens with one attached hydrogen (secondary N) is 2. The Hall–Kier alpha value is -0.940. The molecule has 0 unspecified atom stereocenters. The highest BCUT2D eigenvalue weighted by atomic mass is 127. The van der Waals surface area contributed by atoms with Crippen LogP contribution in [-0.4, -0.2) is 23.2 Å². The second kappa shape index (κ2) is 9.51. The van der Waals surface area contributed by atoms with E-state index in [1.165, 1.54) is 12.1 Å². The molecule has 9 heteroatoms. The van der Waals surface area contributed by atoms with Crippen LogP contribution in [0.15, 0.2) is 34.8 Å². The number of hydroxylamine groups is 1. The van der Waals surface area contributed by atoms with Gasteiger partial charge in [-0.2, -0.15) is 0 Å². The Kier molecular flexibility index (Phi) is 7.87. The van der Waals surface area contributed by atoms with Gasteiger partial charge in [-0.25, -0.2) is 9.87 Å². The van der Waals surface area contributed by atoms with E-state index < -0.39 is 17.3 Å². The lowest BCUT2D eigenvalue weighted by molar-refractivity contribution is -0.00569. The van der Waals surface area contributed by atoms with Gasteiger partial charge in [0.2, 0.25) is 0 Å². The third-order valence-electron chi connectivity index (χ3n) is 3.49. The molecule has 1 amide bonds. The van der Waals surface area contributed by atoms with Crippen molar-refractivity contribution in [1.82, 2.24) is 5.48 Å². The lowest BCUT2D eigenvalue weighted by atomic mass is 10.1. The first kappa shape index (κ1) is 22.4. The van der Waals surface area contributed by atoms with E-state index in [4.69, 9.17) is 16.4 Å². The van der Waals surface area contributed by atoms with Gasteiger partial charge in [-0.05, 0) is 82.7 Å². The van der Waals surface area contributed by atoms with Crippen molar-refractivity contribution in [2.45, 2.75) is 25.9 Å². The van der Waals surface area contributed by atoms with Gasteiger partial charge in [0.1, 0.15) is 5.82 Å². The fraction of sp³-hybridized carbons (Fsp3) is 0.278. The van der Waals surface area contributed by atoms with Crippen LogP contribution in [0.25, 0.3) is 0 Å². The number of amides is 1. The molecule has 3 N–H and O–H groups in total. The number of carbonyl (C=O) groups is 1. The molecular formula is C18H18BrClFIN2O3. The smallest absolute Gasteiger partial charge is 0.276 e. The molecule has 0 aliphatic rings. The number of hydrogen-bond donors (Lipinski definition) is 3. The summed E-state index contributed by atoms with van der Waals surface area (Å²) in [5.74, 6) is -1.09. The Morgan fingerprint density at radius 1 is 1.33 bits per heavy atom. The normalized spacial score (nSPS) is 11.4. The molecule has 0 bridgehead atoms. The van der Waals surface area contributed by atoms with Crippen molar-refractivity contribution in [2.24, 2.45) is 0 Å². The predicted molar refractivity (Wildman–Crippen MR) is 116 cm³/mol. The Labute approximate surface area is 183 Å². The summed E-state index contributed by atoms with van der Waals surface area (Å²) >= 11 is 11.4. The molecular weight excluding hydrogens is 553 g/mol. The molecule has 5 nitrogen and oxygen atoms in total. The van der Waals surface area contributed by atoms with Crippen molar-refractivity contribution in [3.05, 3.63) is 54.8 Å². The minimum Gasteiger partial charge on any atom is -0.390 e. The number of hydrogen-bond acceptors (Lipinski definition) is 4. The van der Waals surface area contributed by atoms with Crippen molar-refractivity contribution >= 4 is 67.4 Å². The molecule has 0 spiro atoms. The zero-order valence-electron chi connectivity index (χ0n) is 14.6. The molecule has 27 heavy (non-hydrogen) atoms. The topological polar surface area (TPSA) is 70.6 Å². The van der Waals surface area contributed by atoms with Crippen LogP contribution >= 0.6 is 50.1 Å². The minimum absolute atomic E-state index is 0.128. The zero-order chi connectivity index (χ0) is 20.2. The molecule has 0 heterocycles. The fourth-order valence-electron chi connectivity index (χ4n) is 2.05. The van der Waals surface area contributed by atoms with E-state index in [1.807, 2.05) is 6.07 Å². The van der Waals surface area contributed by atoms with Crippen LogP contribution in [0.1, 0.15) is 30.6 Å². The summed E-state index contributed by atoms with van der Waals surface area (Å²) in [5.41, 5.74) is 2.34. The number of rotatable bonds is 7. The van der Waals surface area contributed by atoms with Gasteiger partial charge in [0.15, 0.2) is 0 Å². The molecule has 0 aliphatic heterocycles. The summed E-state index contributed by atoms with van der Waals surface area (Å²) in [6.07, 6.45) is 0.337. The van der Waals surface area contributed by atoms with Crippen LogP contribution in [0.4, 0.5) is 15.8 Å². The number of carbonyl (C=O) groups excluding carboxylic acids is 1. The van der Waals surface area contributed by atoms with E-state index in [0.29, 0.717) is 17.1 Å². The Morgan fingerprint density at radius 3 is 2.67 bits per heavy atom. The molecule has 2 aromatic carbocycles. The SMILES string of the molecule is CC(C)(O)CCONC(=O)c1cc(Br)c(F)cc1Nc1ccc(I)cc1Cl. The van der Waals surface area contributed by atoms with Crippen molar-refractivity contribution in [3.63, 3.8) is 0 Å². The van der Waals surface area contributed by atoms with Crippen LogP contribution in [0.2, 0.25) is 5.02 Å². The molecule has 2 rings (SSSR count). The highest BCUT2D eigenvalue weighted by Crippen LogP contribution is 2.31. The molecule has 0 fully saturated rings. The van der Waals surface area contributed by atoms with Crippen molar-refractivity contribution in [2.75, 3.05) is 11.9 Å². The van der Waals surface area contributed by atoms with Crippen LogP contribution in [-0.2, 0) is 4.84 Å². The van der Waals surface area contributed by atoms with Crippen molar-refractivity contribution < 1.29 is 19.1 Å². The lowest BCUT2D eigenvalue weighted by Crippen LogP contribution is -2.28. The number of aliphatic hydroxyl groups is 1. The molecule has 0 aromatic heterocycles. The quantitative estimate of drug-likeness (QED) is 0.236. The van der Waals surface area contributed by atoms with Gasteiger partial charge in [-0.3, -0.25) is 9.63 Å². The highest BCUT2D eigenvalue weighted by molar-refractivity contribution is 14.1. The van der Waals surface area contributed by atoms with Gasteiger partial charge in [-0.15, -0.1) is 0 Å². The van der Waals surface area contributed by atoms with Gasteiger partial charge in [0.05, 0.1) is 38.6 Å². The predicted octanol–water partition coefficient (Wildman–Crippen LogP) is 5.41. The van der Waals surface area contributed by atoms with Crippen LogP contribution < -0.4 is 10.8 Å². The van der Waals surface area contributed by atoms with Gasteiger partial charge >= 0.3 is 0 Å². The third-order valence-corrected chi connectivity index (χ3v) is 5.08. The van der Waals surface area contributed by atoms with E-state index in [0.717, 1.165) is 3.57 Å². The molecule has 146 valence electrons. The molecule has 0 aliphatic carbocycles. The van der Waals surface area contributed by atoms with E-state index in [-0.39, 0.29) is 22.3 Å².